The molecule has 1 radical (unpaired) electrons. The molecule has 5 aromatic heterocycles. The summed E-state index contributed by atoms with van der Waals surface area (Å²) in [6.07, 6.45) is 3.03. The first-order valence-corrected chi connectivity index (χ1v) is 40.7. The third-order valence-electron chi connectivity index (χ3n) is 22.7. The summed E-state index contributed by atoms with van der Waals surface area (Å²) in [5.74, 6) is 3.83. The van der Waals surface area contributed by atoms with Gasteiger partial charge in [0, 0.05) is 104 Å². The van der Waals surface area contributed by atoms with Crippen molar-refractivity contribution in [2.75, 3.05) is 0 Å². The van der Waals surface area contributed by atoms with E-state index >= 15 is 0 Å². The van der Waals surface area contributed by atoms with Gasteiger partial charge in [-0.3, -0.25) is 4.79 Å². The maximum absolute atomic E-state index is 10.0. The molecule has 23 rings (SSSR count). The Bertz CT molecular complexity index is 7530. The van der Waals surface area contributed by atoms with E-state index in [4.69, 9.17) is 35.0 Å². The number of carbonyl (C=O) groups excluding carboxylic acids is 1. The molecule has 0 fully saturated rings. The van der Waals surface area contributed by atoms with Crippen molar-refractivity contribution in [3.05, 3.63) is 394 Å². The minimum absolute atomic E-state index is 0. The fourth-order valence-electron chi connectivity index (χ4n) is 17.3. The van der Waals surface area contributed by atoms with Crippen molar-refractivity contribution in [3.8, 4) is 135 Å². The monoisotopic (exact) mass is 1750 g/mol. The first-order valence-electron chi connectivity index (χ1n) is 40.7. The SMILES string of the molecule is CC(=O)C=C(C)O.CC(C)(C)c1c[c-]c(-c2nccc3ccccc23)cc1.[Ir].c1ccc(-c2nc(-c3ccccc3)nc(-c3cccc(-n4c5ccccc5c5c6cccc7c6c(cc54)-c4ccccc4-7)c3)n2)cc1.c1ccc(-c2nc(-c3ccccc3)nc(-c3cccc(-n4c5ccccc5c5cc6c7c(cccc7c54)-c4ccccc4-6)c3)n2)cc1. The number of aromatic nitrogens is 9. The van der Waals surface area contributed by atoms with Crippen LogP contribution in [0.5, 0.6) is 0 Å². The molecule has 0 bridgehead atoms. The van der Waals surface area contributed by atoms with Crippen LogP contribution in [0, 0.1) is 6.07 Å². The largest absolute Gasteiger partial charge is 0.512 e. The fraction of sp³-hybridized carbons (Fsp3) is 0.0545. The van der Waals surface area contributed by atoms with Gasteiger partial charge in [-0.2, -0.15) is 0 Å². The number of allylic oxidation sites excluding steroid dienone is 2. The summed E-state index contributed by atoms with van der Waals surface area (Å²) < 4.78 is 4.81. The third kappa shape index (κ3) is 14.3. The molecule has 585 valence electrons. The third-order valence-corrected chi connectivity index (χ3v) is 22.7. The van der Waals surface area contributed by atoms with E-state index in [9.17, 15) is 4.79 Å². The molecular formula is C110H78IrN9O2-. The molecule has 5 heterocycles. The molecule has 12 heteroatoms. The van der Waals surface area contributed by atoms with Crippen LogP contribution in [-0.4, -0.2) is 54.9 Å². The molecule has 0 amide bonds. The number of rotatable bonds is 10. The second-order valence-electron chi connectivity index (χ2n) is 31.6. The Morgan fingerprint density at radius 3 is 1.21 bits per heavy atom. The van der Waals surface area contributed by atoms with Gasteiger partial charge >= 0.3 is 0 Å². The van der Waals surface area contributed by atoms with Gasteiger partial charge in [-0.1, -0.05) is 312 Å². The molecule has 0 unspecified atom stereocenters. The Labute approximate surface area is 719 Å². The predicted octanol–water partition coefficient (Wildman–Crippen LogP) is 27.6. The molecule has 16 aromatic carbocycles. The first-order chi connectivity index (χ1) is 59.3. The zero-order chi connectivity index (χ0) is 81.8. The Balaban J connectivity index is 0.000000123. The van der Waals surface area contributed by atoms with Gasteiger partial charge in [-0.25, -0.2) is 29.9 Å². The van der Waals surface area contributed by atoms with Crippen LogP contribution < -0.4 is 0 Å². The number of aliphatic hydroxyl groups excluding tert-OH is 1. The Hall–Kier alpha value is -15.1. The second-order valence-corrected chi connectivity index (χ2v) is 31.6. The van der Waals surface area contributed by atoms with E-state index in [1.165, 1.54) is 146 Å². The van der Waals surface area contributed by atoms with Gasteiger partial charge in [0.05, 0.1) is 27.8 Å². The molecule has 0 spiro atoms. The number of para-hydroxylation sites is 2. The van der Waals surface area contributed by atoms with Crippen molar-refractivity contribution in [2.45, 2.75) is 40.0 Å². The average molecular weight is 1750 g/mol. The number of nitrogens with zero attached hydrogens (tertiary/aromatic N) is 9. The predicted molar refractivity (Wildman–Crippen MR) is 497 cm³/mol. The number of hydrogen-bond acceptors (Lipinski definition) is 9. The van der Waals surface area contributed by atoms with Crippen LogP contribution in [0.1, 0.15) is 40.2 Å². The standard InChI is InChI=1S/2C43H26N4.C19H18N.C5H8O2.Ir/c1-3-13-27(14-4-1)41-44-42(28-15-5-2-6-16-28)46-43(45-41)29-17-11-18-30(25-29)47-37-24-10-9-21-34(37)40-35-23-12-22-33-31-19-7-8-20-32(31)36(39(33)35)26-38(40)47;1-3-13-27(14-4-1)41-44-42(28-15-5-2-6-16-28)46-43(45-41)29-17-11-18-30(25-29)47-38-24-10-9-21-33(38)37-26-36-32-20-8-7-19-31(32)34-22-12-23-35(39(34)36)40(37)47;1-19(2,3)16-10-8-15(9-11-16)18-17-7-5-4-6-14(17)12-13-20-18;1-4(6)3-5(2)7;/h2*1-26H;4-8,10-13H,1-3H3;3,6H,1-2H3;/q;;-1;;. The zero-order valence-corrected chi connectivity index (χ0v) is 69.9. The molecule has 2 aliphatic carbocycles. The summed E-state index contributed by atoms with van der Waals surface area (Å²) in [7, 11) is 0. The van der Waals surface area contributed by atoms with Gasteiger partial charge < -0.3 is 19.2 Å². The number of ketones is 1. The van der Waals surface area contributed by atoms with Crippen LogP contribution in [0.15, 0.2) is 382 Å². The Morgan fingerprint density at radius 2 is 0.730 bits per heavy atom. The van der Waals surface area contributed by atoms with E-state index in [2.05, 4.69) is 278 Å². The second kappa shape index (κ2) is 32.3. The van der Waals surface area contributed by atoms with Gasteiger partial charge in [-0.05, 0) is 151 Å². The van der Waals surface area contributed by atoms with Gasteiger partial charge in [-0.15, -0.1) is 35.4 Å². The van der Waals surface area contributed by atoms with Crippen LogP contribution in [-0.2, 0) is 30.3 Å². The number of benzene rings is 16. The number of pyridine rings is 1. The Morgan fingerprint density at radius 1 is 0.336 bits per heavy atom. The van der Waals surface area contributed by atoms with E-state index in [1.54, 1.807) is 0 Å². The van der Waals surface area contributed by atoms with Gasteiger partial charge in [0.15, 0.2) is 40.7 Å². The molecule has 11 nitrogen and oxygen atoms in total. The normalized spacial score (nSPS) is 11.7. The van der Waals surface area contributed by atoms with Crippen LogP contribution in [0.2, 0.25) is 0 Å². The summed E-state index contributed by atoms with van der Waals surface area (Å²) in [5.41, 5.74) is 26.5. The number of aliphatic hydroxyl groups is 1. The average Bonchev–Trinajstić information content (AvgIpc) is 1.55. The number of fused-ring (bicyclic) bond motifs is 15. The number of hydrogen-bond donors (Lipinski definition) is 1. The van der Waals surface area contributed by atoms with E-state index < -0.39 is 0 Å². The quantitative estimate of drug-likeness (QED) is 0.0806. The fourth-order valence-corrected chi connectivity index (χ4v) is 17.3. The summed E-state index contributed by atoms with van der Waals surface area (Å²) in [6.45, 7) is 9.49. The minimum Gasteiger partial charge on any atom is -0.512 e. The molecular weight excluding hydrogens is 1670 g/mol. The first kappa shape index (κ1) is 76.9. The molecule has 0 aliphatic heterocycles. The smallest absolute Gasteiger partial charge is 0.164 e. The molecule has 21 aromatic rings. The van der Waals surface area contributed by atoms with Crippen LogP contribution in [0.25, 0.3) is 211 Å². The van der Waals surface area contributed by atoms with Crippen LogP contribution in [0.3, 0.4) is 0 Å². The maximum atomic E-state index is 10.0. The van der Waals surface area contributed by atoms with E-state index in [1.807, 2.05) is 134 Å². The molecule has 1 N–H and O–H groups in total. The number of carbonyl (C=O) groups is 1. The van der Waals surface area contributed by atoms with Crippen molar-refractivity contribution in [1.29, 1.82) is 0 Å². The van der Waals surface area contributed by atoms with E-state index in [0.717, 1.165) is 56.0 Å². The topological polar surface area (TPSA) is 137 Å². The van der Waals surface area contributed by atoms with Crippen molar-refractivity contribution >= 4 is 81.7 Å². The molecule has 0 atom stereocenters. The van der Waals surface area contributed by atoms with Crippen molar-refractivity contribution in [2.24, 2.45) is 0 Å². The molecule has 2 aliphatic rings. The van der Waals surface area contributed by atoms with Crippen molar-refractivity contribution < 1.29 is 30.0 Å². The van der Waals surface area contributed by atoms with Gasteiger partial charge in [0.25, 0.3) is 0 Å². The maximum Gasteiger partial charge on any atom is 0.164 e. The van der Waals surface area contributed by atoms with Gasteiger partial charge in [0.2, 0.25) is 0 Å². The Kier molecular flexibility index (Phi) is 20.4. The van der Waals surface area contributed by atoms with Crippen molar-refractivity contribution in [3.63, 3.8) is 0 Å². The van der Waals surface area contributed by atoms with Crippen molar-refractivity contribution in [1.82, 2.24) is 44.0 Å². The molecule has 122 heavy (non-hydrogen) atoms. The molecule has 0 saturated heterocycles. The van der Waals surface area contributed by atoms with E-state index in [0.29, 0.717) is 34.9 Å². The summed E-state index contributed by atoms with van der Waals surface area (Å²) >= 11 is 0. The minimum atomic E-state index is -0.125. The zero-order valence-electron chi connectivity index (χ0n) is 67.5. The van der Waals surface area contributed by atoms with E-state index in [-0.39, 0.29) is 37.1 Å². The summed E-state index contributed by atoms with van der Waals surface area (Å²) in [6, 6.07) is 131. The van der Waals surface area contributed by atoms with Gasteiger partial charge in [0.1, 0.15) is 0 Å². The van der Waals surface area contributed by atoms with Crippen LogP contribution in [0.4, 0.5) is 0 Å². The summed E-state index contributed by atoms with van der Waals surface area (Å²) in [5, 5.41) is 21.0. The van der Waals surface area contributed by atoms with Crippen LogP contribution >= 0.6 is 0 Å². The summed E-state index contributed by atoms with van der Waals surface area (Å²) in [4.78, 5) is 44.4. The molecule has 0 saturated carbocycles.